The van der Waals surface area contributed by atoms with E-state index in [4.69, 9.17) is 4.74 Å². The van der Waals surface area contributed by atoms with Crippen molar-refractivity contribution in [2.45, 2.75) is 32.1 Å². The number of rotatable bonds is 5. The molecule has 3 aromatic rings. The molecule has 0 fully saturated rings. The monoisotopic (exact) mass is 346 g/mol. The summed E-state index contributed by atoms with van der Waals surface area (Å²) in [6.07, 6.45) is 1.36. The molecule has 3 rings (SSSR count). The minimum Gasteiger partial charge on any atom is -0.508 e. The van der Waals surface area contributed by atoms with E-state index in [0.717, 1.165) is 34.0 Å². The fourth-order valence-corrected chi connectivity index (χ4v) is 3.25. The molecular formula is C22H22N2O2. The summed E-state index contributed by atoms with van der Waals surface area (Å²) < 4.78 is 5.40. The summed E-state index contributed by atoms with van der Waals surface area (Å²) in [5, 5.41) is 20.6. The van der Waals surface area contributed by atoms with Crippen molar-refractivity contribution in [2.24, 2.45) is 0 Å². The highest BCUT2D eigenvalue weighted by Crippen LogP contribution is 2.32. The van der Waals surface area contributed by atoms with Gasteiger partial charge in [-0.05, 0) is 55.2 Å². The topological polar surface area (TPSA) is 66.1 Å². The van der Waals surface area contributed by atoms with E-state index in [2.05, 4.69) is 24.0 Å². The number of aromatic nitrogens is 1. The fraction of sp³-hybridized carbons (Fsp3) is 0.273. The molecule has 0 aliphatic carbocycles. The number of benzene rings is 2. The third-order valence-electron chi connectivity index (χ3n) is 4.78. The highest BCUT2D eigenvalue weighted by atomic mass is 16.5. The fourth-order valence-electron chi connectivity index (χ4n) is 3.25. The van der Waals surface area contributed by atoms with Gasteiger partial charge in [-0.3, -0.25) is 0 Å². The van der Waals surface area contributed by atoms with E-state index in [9.17, 15) is 10.4 Å². The van der Waals surface area contributed by atoms with Crippen LogP contribution in [0.5, 0.6) is 11.6 Å². The predicted molar refractivity (Wildman–Crippen MR) is 102 cm³/mol. The molecule has 0 amide bonds. The molecule has 4 nitrogen and oxygen atoms in total. The van der Waals surface area contributed by atoms with E-state index in [-0.39, 0.29) is 5.75 Å². The first-order valence-corrected chi connectivity index (χ1v) is 8.66. The number of nitriles is 1. The Morgan fingerprint density at radius 2 is 2.00 bits per heavy atom. The van der Waals surface area contributed by atoms with Gasteiger partial charge in [-0.15, -0.1) is 0 Å². The maximum absolute atomic E-state index is 9.87. The molecule has 0 aliphatic heterocycles. The molecular weight excluding hydrogens is 324 g/mol. The zero-order valence-electron chi connectivity index (χ0n) is 15.3. The summed E-state index contributed by atoms with van der Waals surface area (Å²) in [6, 6.07) is 17.5. The number of hydrogen-bond donors (Lipinski definition) is 1. The predicted octanol–water partition coefficient (Wildman–Crippen LogP) is 4.54. The van der Waals surface area contributed by atoms with E-state index in [1.54, 1.807) is 25.3 Å². The van der Waals surface area contributed by atoms with Gasteiger partial charge in [-0.25, -0.2) is 4.98 Å². The van der Waals surface area contributed by atoms with Crippen molar-refractivity contribution in [3.63, 3.8) is 0 Å². The zero-order chi connectivity index (χ0) is 18.7. The standard InChI is InChI=1S/C22H22N2O2/c1-4-16-11-17-8-9-18(12-20(17)24-21(16)26-3)22(2,14-23)13-15-6-5-7-19(25)10-15/h5-12,25H,4,13H2,1-3H3. The molecule has 0 radical (unpaired) electrons. The number of methoxy groups -OCH3 is 1. The van der Waals surface area contributed by atoms with Gasteiger partial charge < -0.3 is 9.84 Å². The molecule has 1 heterocycles. The van der Waals surface area contributed by atoms with E-state index < -0.39 is 5.41 Å². The largest absolute Gasteiger partial charge is 0.508 e. The van der Waals surface area contributed by atoms with Crippen molar-refractivity contribution in [1.29, 1.82) is 5.26 Å². The van der Waals surface area contributed by atoms with Gasteiger partial charge in [0.1, 0.15) is 5.75 Å². The van der Waals surface area contributed by atoms with Gasteiger partial charge in [0, 0.05) is 10.9 Å². The van der Waals surface area contributed by atoms with Crippen LogP contribution in [0.2, 0.25) is 0 Å². The minimum absolute atomic E-state index is 0.208. The molecule has 1 aromatic heterocycles. The second-order valence-corrected chi connectivity index (χ2v) is 6.71. The van der Waals surface area contributed by atoms with Crippen molar-refractivity contribution in [1.82, 2.24) is 4.98 Å². The lowest BCUT2D eigenvalue weighted by Crippen LogP contribution is -2.22. The molecule has 1 atom stereocenters. The van der Waals surface area contributed by atoms with Crippen LogP contribution < -0.4 is 4.74 Å². The van der Waals surface area contributed by atoms with Crippen LogP contribution in [0.25, 0.3) is 10.9 Å². The summed E-state index contributed by atoms with van der Waals surface area (Å²) >= 11 is 0. The lowest BCUT2D eigenvalue weighted by Gasteiger charge is -2.23. The van der Waals surface area contributed by atoms with Gasteiger partial charge in [-0.1, -0.05) is 31.2 Å². The number of aryl methyl sites for hydroxylation is 1. The molecule has 2 aromatic carbocycles. The Hall–Kier alpha value is -3.06. The number of aromatic hydroxyl groups is 1. The van der Waals surface area contributed by atoms with Crippen LogP contribution in [-0.4, -0.2) is 17.2 Å². The number of nitrogens with zero attached hydrogens (tertiary/aromatic N) is 2. The van der Waals surface area contributed by atoms with Crippen molar-refractivity contribution in [2.75, 3.05) is 7.11 Å². The first kappa shape index (κ1) is 17.8. The number of ether oxygens (including phenoxy) is 1. The van der Waals surface area contributed by atoms with Gasteiger partial charge >= 0.3 is 0 Å². The number of hydrogen-bond acceptors (Lipinski definition) is 4. The Kier molecular flexibility index (Phi) is 4.81. The van der Waals surface area contributed by atoms with Gasteiger partial charge in [0.25, 0.3) is 0 Å². The van der Waals surface area contributed by atoms with Gasteiger partial charge in [-0.2, -0.15) is 5.26 Å². The van der Waals surface area contributed by atoms with Crippen LogP contribution in [0, 0.1) is 11.3 Å². The highest BCUT2D eigenvalue weighted by Gasteiger charge is 2.27. The van der Waals surface area contributed by atoms with E-state index in [1.165, 1.54) is 0 Å². The maximum atomic E-state index is 9.87. The van der Waals surface area contributed by atoms with Crippen LogP contribution in [0.3, 0.4) is 0 Å². The second-order valence-electron chi connectivity index (χ2n) is 6.71. The summed E-state index contributed by atoms with van der Waals surface area (Å²) in [5.41, 5.74) is 2.97. The summed E-state index contributed by atoms with van der Waals surface area (Å²) in [7, 11) is 1.62. The maximum Gasteiger partial charge on any atom is 0.216 e. The molecule has 4 heteroatoms. The average Bonchev–Trinajstić information content (AvgIpc) is 2.66. The smallest absolute Gasteiger partial charge is 0.216 e. The Balaban J connectivity index is 2.05. The third-order valence-corrected chi connectivity index (χ3v) is 4.78. The summed E-state index contributed by atoms with van der Waals surface area (Å²) in [4.78, 5) is 4.62. The number of pyridine rings is 1. The van der Waals surface area contributed by atoms with E-state index in [1.807, 2.05) is 31.2 Å². The molecule has 0 bridgehead atoms. The molecule has 0 aliphatic rings. The molecule has 1 unspecified atom stereocenters. The van der Waals surface area contributed by atoms with Crippen LogP contribution in [-0.2, 0) is 18.3 Å². The third kappa shape index (κ3) is 3.34. The molecule has 0 spiro atoms. The Morgan fingerprint density at radius 3 is 2.65 bits per heavy atom. The van der Waals surface area contributed by atoms with Crippen molar-refractivity contribution in [3.05, 3.63) is 65.2 Å². The summed E-state index contributed by atoms with van der Waals surface area (Å²) in [5.74, 6) is 0.837. The first-order chi connectivity index (χ1) is 12.5. The van der Waals surface area contributed by atoms with Crippen LogP contribution >= 0.6 is 0 Å². The Morgan fingerprint density at radius 1 is 1.19 bits per heavy atom. The van der Waals surface area contributed by atoms with Crippen molar-refractivity contribution in [3.8, 4) is 17.7 Å². The Labute approximate surface area is 153 Å². The summed E-state index contributed by atoms with van der Waals surface area (Å²) in [6.45, 7) is 3.98. The van der Waals surface area contributed by atoms with Gasteiger partial charge in [0.15, 0.2) is 0 Å². The lowest BCUT2D eigenvalue weighted by molar-refractivity contribution is 0.394. The quantitative estimate of drug-likeness (QED) is 0.737. The Bertz CT molecular complexity index is 991. The first-order valence-electron chi connectivity index (χ1n) is 8.66. The average molecular weight is 346 g/mol. The lowest BCUT2D eigenvalue weighted by atomic mass is 9.78. The minimum atomic E-state index is -0.722. The molecule has 132 valence electrons. The van der Waals surface area contributed by atoms with Crippen molar-refractivity contribution >= 4 is 10.9 Å². The second kappa shape index (κ2) is 7.05. The zero-order valence-corrected chi connectivity index (χ0v) is 15.3. The van der Waals surface area contributed by atoms with Crippen LogP contribution in [0.4, 0.5) is 0 Å². The molecule has 0 saturated carbocycles. The number of phenols is 1. The van der Waals surface area contributed by atoms with E-state index in [0.29, 0.717) is 12.3 Å². The molecule has 1 N–H and O–H groups in total. The van der Waals surface area contributed by atoms with E-state index >= 15 is 0 Å². The van der Waals surface area contributed by atoms with Crippen LogP contribution in [0.15, 0.2) is 48.5 Å². The van der Waals surface area contributed by atoms with Gasteiger partial charge in [0.05, 0.1) is 24.1 Å². The molecule has 0 saturated heterocycles. The van der Waals surface area contributed by atoms with Crippen molar-refractivity contribution < 1.29 is 9.84 Å². The highest BCUT2D eigenvalue weighted by molar-refractivity contribution is 5.81. The number of phenolic OH excluding ortho intramolecular Hbond substituents is 1. The number of fused-ring (bicyclic) bond motifs is 1. The van der Waals surface area contributed by atoms with Gasteiger partial charge in [0.2, 0.25) is 5.88 Å². The van der Waals surface area contributed by atoms with Crippen LogP contribution in [0.1, 0.15) is 30.5 Å². The SMILES string of the molecule is CCc1cc2ccc(C(C)(C#N)Cc3cccc(O)c3)cc2nc1OC. The molecule has 26 heavy (non-hydrogen) atoms. The normalized spacial score (nSPS) is 13.2.